The normalized spacial score (nSPS) is 11.6. The van der Waals surface area contributed by atoms with Gasteiger partial charge in [-0.25, -0.2) is 15.0 Å². The minimum atomic E-state index is 0.609. The van der Waals surface area contributed by atoms with Crippen LogP contribution in [-0.4, -0.2) is 29.7 Å². The van der Waals surface area contributed by atoms with Crippen LogP contribution in [0.3, 0.4) is 0 Å². The minimum absolute atomic E-state index is 0.609. The predicted molar refractivity (Wildman–Crippen MR) is 173 cm³/mol. The van der Waals surface area contributed by atoms with Crippen LogP contribution >= 0.6 is 0 Å². The van der Waals surface area contributed by atoms with Gasteiger partial charge in [0.15, 0.2) is 23.1 Å². The Labute approximate surface area is 251 Å². The molecule has 0 saturated heterocycles. The molecule has 7 heteroatoms. The van der Waals surface area contributed by atoms with Gasteiger partial charge in [-0.1, -0.05) is 78.9 Å². The molecule has 44 heavy (non-hydrogen) atoms. The molecule has 0 bridgehead atoms. The molecule has 9 rings (SSSR count). The highest BCUT2D eigenvalue weighted by Gasteiger charge is 2.18. The fraction of sp³-hybridized carbons (Fsp3) is 0. The molecule has 0 aliphatic heterocycles. The molecule has 206 valence electrons. The van der Waals surface area contributed by atoms with Crippen molar-refractivity contribution in [2.24, 2.45) is 0 Å². The van der Waals surface area contributed by atoms with Crippen LogP contribution in [-0.2, 0) is 0 Å². The van der Waals surface area contributed by atoms with Gasteiger partial charge >= 0.3 is 0 Å². The molecule has 0 amide bonds. The van der Waals surface area contributed by atoms with Crippen LogP contribution in [0.4, 0.5) is 0 Å². The Hall–Kier alpha value is -6.21. The summed E-state index contributed by atoms with van der Waals surface area (Å²) in [7, 11) is 0. The third-order valence-corrected chi connectivity index (χ3v) is 8.02. The zero-order chi connectivity index (χ0) is 29.0. The van der Waals surface area contributed by atoms with Gasteiger partial charge in [0, 0.05) is 43.9 Å². The molecule has 0 aliphatic carbocycles. The number of hydrogen-bond acceptors (Lipinski definition) is 6. The van der Waals surface area contributed by atoms with Crippen molar-refractivity contribution in [1.82, 2.24) is 29.7 Å². The van der Waals surface area contributed by atoms with Gasteiger partial charge in [0.05, 0.1) is 11.7 Å². The van der Waals surface area contributed by atoms with E-state index in [1.54, 1.807) is 6.20 Å². The largest absolute Gasteiger partial charge is 0.456 e. The first-order valence-corrected chi connectivity index (χ1v) is 14.3. The molecule has 0 N–H and O–H groups in total. The molecular formula is C37H22N6O. The lowest BCUT2D eigenvalue weighted by molar-refractivity contribution is 0.669. The van der Waals surface area contributed by atoms with Gasteiger partial charge in [0.1, 0.15) is 11.2 Å². The Morgan fingerprint density at radius 1 is 0.477 bits per heavy atom. The lowest BCUT2D eigenvalue weighted by Gasteiger charge is -2.10. The number of benzene rings is 5. The maximum absolute atomic E-state index is 6.21. The quantitative estimate of drug-likeness (QED) is 0.212. The van der Waals surface area contributed by atoms with E-state index in [4.69, 9.17) is 19.4 Å². The number of aromatic nitrogens is 6. The average Bonchev–Trinajstić information content (AvgIpc) is 3.63. The summed E-state index contributed by atoms with van der Waals surface area (Å²) in [4.78, 5) is 14.6. The van der Waals surface area contributed by atoms with Gasteiger partial charge < -0.3 is 4.42 Å². The summed E-state index contributed by atoms with van der Waals surface area (Å²) >= 11 is 0. The summed E-state index contributed by atoms with van der Waals surface area (Å²) in [6.45, 7) is 0. The van der Waals surface area contributed by atoms with Crippen molar-refractivity contribution >= 4 is 43.9 Å². The average molecular weight is 567 g/mol. The van der Waals surface area contributed by atoms with Crippen LogP contribution < -0.4 is 0 Å². The fourth-order valence-electron chi connectivity index (χ4n) is 5.93. The molecule has 4 heterocycles. The first-order valence-electron chi connectivity index (χ1n) is 14.3. The van der Waals surface area contributed by atoms with E-state index >= 15 is 0 Å². The van der Waals surface area contributed by atoms with Gasteiger partial charge in [-0.2, -0.15) is 5.10 Å². The Balaban J connectivity index is 1.21. The molecule has 0 fully saturated rings. The molecule has 7 nitrogen and oxygen atoms in total. The summed E-state index contributed by atoms with van der Waals surface area (Å²) in [5, 5.41) is 13.0. The number of para-hydroxylation sites is 1. The van der Waals surface area contributed by atoms with Crippen LogP contribution in [0.5, 0.6) is 0 Å². The second kappa shape index (κ2) is 9.68. The molecule has 0 atom stereocenters. The monoisotopic (exact) mass is 566 g/mol. The third-order valence-electron chi connectivity index (χ3n) is 8.02. The smallest absolute Gasteiger partial charge is 0.168 e. The van der Waals surface area contributed by atoms with Crippen molar-refractivity contribution in [1.29, 1.82) is 0 Å². The van der Waals surface area contributed by atoms with Crippen molar-refractivity contribution in [2.45, 2.75) is 0 Å². The minimum Gasteiger partial charge on any atom is -0.456 e. The second-order valence-corrected chi connectivity index (χ2v) is 10.7. The molecule has 0 unspecified atom stereocenters. The number of furan rings is 1. The summed E-state index contributed by atoms with van der Waals surface area (Å²) in [6, 6.07) is 42.7. The standard InChI is InChI=1S/C37H22N6O/c1-3-9-23(10-4-1)34-39-35(24-11-5-2-6-12-24)41-36(40-34)25-15-17-26(18-16-25)43-31-21-30-27-13-7-8-14-32(27)44-33(30)22-29(31)28-19-20-38-42-37(28)43/h1-22H. The van der Waals surface area contributed by atoms with Crippen LogP contribution in [0.15, 0.2) is 138 Å². The van der Waals surface area contributed by atoms with E-state index in [9.17, 15) is 0 Å². The second-order valence-electron chi connectivity index (χ2n) is 10.7. The van der Waals surface area contributed by atoms with E-state index in [1.165, 1.54) is 0 Å². The van der Waals surface area contributed by atoms with Gasteiger partial charge in [-0.3, -0.25) is 4.57 Å². The first kappa shape index (κ1) is 24.4. The molecule has 0 radical (unpaired) electrons. The van der Waals surface area contributed by atoms with E-state index in [2.05, 4.69) is 45.1 Å². The Bertz CT molecular complexity index is 2430. The number of hydrogen-bond donors (Lipinski definition) is 0. The predicted octanol–water partition coefficient (Wildman–Crippen LogP) is 8.66. The molecular weight excluding hydrogens is 544 g/mol. The van der Waals surface area contributed by atoms with Gasteiger partial charge in [0.25, 0.3) is 0 Å². The maximum atomic E-state index is 6.21. The van der Waals surface area contributed by atoms with E-state index < -0.39 is 0 Å². The number of rotatable bonds is 4. The Morgan fingerprint density at radius 2 is 1.09 bits per heavy atom. The van der Waals surface area contributed by atoms with Gasteiger partial charge in [-0.05, 0) is 48.5 Å². The fourth-order valence-corrected chi connectivity index (χ4v) is 5.93. The molecule has 4 aromatic heterocycles. The highest BCUT2D eigenvalue weighted by Crippen LogP contribution is 2.37. The number of nitrogens with zero attached hydrogens (tertiary/aromatic N) is 6. The Morgan fingerprint density at radius 3 is 1.77 bits per heavy atom. The van der Waals surface area contributed by atoms with E-state index in [0.29, 0.717) is 17.5 Å². The third kappa shape index (κ3) is 3.87. The van der Waals surface area contributed by atoms with E-state index in [0.717, 1.165) is 66.3 Å². The van der Waals surface area contributed by atoms with Crippen molar-refractivity contribution in [2.75, 3.05) is 0 Å². The molecule has 0 aliphatic rings. The van der Waals surface area contributed by atoms with E-state index in [1.807, 2.05) is 97.1 Å². The van der Waals surface area contributed by atoms with Crippen LogP contribution in [0, 0.1) is 0 Å². The lowest BCUT2D eigenvalue weighted by atomic mass is 10.1. The van der Waals surface area contributed by atoms with Crippen molar-refractivity contribution in [3.63, 3.8) is 0 Å². The van der Waals surface area contributed by atoms with Gasteiger partial charge in [0.2, 0.25) is 0 Å². The topological polar surface area (TPSA) is 82.5 Å². The maximum Gasteiger partial charge on any atom is 0.168 e. The van der Waals surface area contributed by atoms with Crippen molar-refractivity contribution < 1.29 is 4.42 Å². The number of fused-ring (bicyclic) bond motifs is 6. The summed E-state index contributed by atoms with van der Waals surface area (Å²) in [5.41, 5.74) is 7.26. The van der Waals surface area contributed by atoms with Crippen molar-refractivity contribution in [3.05, 3.63) is 134 Å². The molecule has 0 spiro atoms. The molecule has 5 aromatic carbocycles. The highest BCUT2D eigenvalue weighted by atomic mass is 16.3. The molecule has 9 aromatic rings. The summed E-state index contributed by atoms with van der Waals surface area (Å²) in [6.07, 6.45) is 1.73. The van der Waals surface area contributed by atoms with E-state index in [-0.39, 0.29) is 0 Å². The molecule has 0 saturated carbocycles. The highest BCUT2D eigenvalue weighted by molar-refractivity contribution is 6.16. The first-order chi connectivity index (χ1) is 21.8. The summed E-state index contributed by atoms with van der Waals surface area (Å²) in [5.74, 6) is 1.87. The zero-order valence-corrected chi connectivity index (χ0v) is 23.3. The van der Waals surface area contributed by atoms with Crippen molar-refractivity contribution in [3.8, 4) is 39.9 Å². The SMILES string of the molecule is c1ccc(-c2nc(-c3ccccc3)nc(-c3ccc(-n4c5cc6c(cc5c5ccnnc54)oc4ccccc46)cc3)n2)cc1. The zero-order valence-electron chi connectivity index (χ0n) is 23.3. The van der Waals surface area contributed by atoms with Crippen LogP contribution in [0.1, 0.15) is 0 Å². The summed E-state index contributed by atoms with van der Waals surface area (Å²) < 4.78 is 8.36. The lowest BCUT2D eigenvalue weighted by Crippen LogP contribution is -2.00. The Kier molecular flexibility index (Phi) is 5.36. The van der Waals surface area contributed by atoms with Gasteiger partial charge in [-0.15, -0.1) is 5.10 Å². The van der Waals surface area contributed by atoms with Crippen LogP contribution in [0.2, 0.25) is 0 Å². The van der Waals surface area contributed by atoms with Crippen LogP contribution in [0.25, 0.3) is 83.7 Å².